The molecule has 11 heteroatoms. The van der Waals surface area contributed by atoms with Crippen LogP contribution in [-0.4, -0.2) is 63.5 Å². The summed E-state index contributed by atoms with van der Waals surface area (Å²) in [4.78, 5) is 42.8. The summed E-state index contributed by atoms with van der Waals surface area (Å²) in [7, 11) is -4.82. The number of phosphoric acid groups is 1. The van der Waals surface area contributed by atoms with Crippen molar-refractivity contribution in [1.82, 2.24) is 0 Å². The van der Waals surface area contributed by atoms with E-state index >= 15 is 0 Å². The maximum atomic E-state index is 12.4. The van der Waals surface area contributed by atoms with Gasteiger partial charge in [-0.15, -0.1) is 0 Å². The number of unbranched alkanes of at least 4 members (excludes halogenated alkanes) is 14. The number of allylic oxidation sites excluding steroid dienone is 5. The Morgan fingerprint density at radius 1 is 0.615 bits per heavy atom. The second-order valence-corrected chi connectivity index (χ2v) is 15.6. The van der Waals surface area contributed by atoms with E-state index in [1.807, 2.05) is 12.2 Å². The molecule has 304 valence electrons. The SMILES string of the molecule is CCCCC/C=C\C/C=C\C/C=C\CC(O)C(O)CCCC(=O)OC[C@H](COP(=O)(O)O)OC(=O)CCCCCCCCCCCCCCC(C)C. The van der Waals surface area contributed by atoms with Crippen LogP contribution in [0, 0.1) is 5.92 Å². The number of aliphatic hydroxyl groups excluding tert-OH is 2. The predicted molar refractivity (Wildman–Crippen MR) is 210 cm³/mol. The van der Waals surface area contributed by atoms with Gasteiger partial charge in [0.15, 0.2) is 6.10 Å². The lowest BCUT2D eigenvalue weighted by atomic mass is 10.0. The standard InChI is InChI=1S/C41H75O10P/c1-4-5-6-7-8-9-10-14-17-20-23-26-30-38(42)39(43)31-28-33-40(44)49-34-37(35-50-52(46,47)48)51-41(45)32-27-24-21-18-15-12-11-13-16-19-22-25-29-36(2)3/h8-9,14,17,23,26,36-39,42-43H,4-7,10-13,15-16,18-22,24-25,27-35H2,1-3H3,(H2,46,47,48)/b9-8-,17-14-,26-23-/t37-,38?,39?/m1/s1. The number of hydrogen-bond acceptors (Lipinski definition) is 8. The molecule has 0 aliphatic heterocycles. The molecule has 0 spiro atoms. The first kappa shape index (κ1) is 50.2. The lowest BCUT2D eigenvalue weighted by molar-refractivity contribution is -0.161. The number of hydrogen-bond donors (Lipinski definition) is 4. The van der Waals surface area contributed by atoms with Crippen LogP contribution in [0.15, 0.2) is 36.5 Å². The van der Waals surface area contributed by atoms with E-state index in [-0.39, 0.29) is 25.7 Å². The summed E-state index contributed by atoms with van der Waals surface area (Å²) in [6.45, 7) is 5.72. The Morgan fingerprint density at radius 3 is 1.73 bits per heavy atom. The summed E-state index contributed by atoms with van der Waals surface area (Å²) in [5, 5.41) is 20.5. The molecule has 3 atom stereocenters. The number of aliphatic hydroxyl groups is 2. The third kappa shape index (κ3) is 36.5. The third-order valence-corrected chi connectivity index (χ3v) is 9.28. The van der Waals surface area contributed by atoms with Crippen molar-refractivity contribution in [3.63, 3.8) is 0 Å². The Balaban J connectivity index is 4.18. The summed E-state index contributed by atoms with van der Waals surface area (Å²) in [6.07, 6.45) is 31.9. The summed E-state index contributed by atoms with van der Waals surface area (Å²) >= 11 is 0. The maximum Gasteiger partial charge on any atom is 0.469 e. The lowest BCUT2D eigenvalue weighted by Gasteiger charge is -2.19. The van der Waals surface area contributed by atoms with Gasteiger partial charge in [-0.1, -0.05) is 147 Å². The molecule has 0 heterocycles. The number of phosphoric ester groups is 1. The van der Waals surface area contributed by atoms with Crippen molar-refractivity contribution in [2.45, 2.75) is 193 Å². The van der Waals surface area contributed by atoms with Crippen LogP contribution < -0.4 is 0 Å². The molecule has 10 nitrogen and oxygen atoms in total. The van der Waals surface area contributed by atoms with E-state index in [0.717, 1.165) is 44.4 Å². The zero-order valence-corrected chi connectivity index (χ0v) is 33.7. The van der Waals surface area contributed by atoms with Crippen molar-refractivity contribution < 1.29 is 48.2 Å². The summed E-state index contributed by atoms with van der Waals surface area (Å²) in [5.41, 5.74) is 0. The van der Waals surface area contributed by atoms with E-state index < -0.39 is 51.3 Å². The highest BCUT2D eigenvalue weighted by Gasteiger charge is 2.23. The van der Waals surface area contributed by atoms with Gasteiger partial charge in [0.25, 0.3) is 0 Å². The van der Waals surface area contributed by atoms with Gasteiger partial charge in [0.1, 0.15) is 6.61 Å². The fraction of sp³-hybridized carbons (Fsp3) is 0.805. The lowest BCUT2D eigenvalue weighted by Crippen LogP contribution is -2.29. The van der Waals surface area contributed by atoms with Crippen molar-refractivity contribution in [3.05, 3.63) is 36.5 Å². The largest absolute Gasteiger partial charge is 0.469 e. The molecule has 0 radical (unpaired) electrons. The number of esters is 2. The smallest absolute Gasteiger partial charge is 0.462 e. The average Bonchev–Trinajstić information content (AvgIpc) is 3.09. The molecule has 0 bridgehead atoms. The molecule has 0 aromatic carbocycles. The van der Waals surface area contributed by atoms with Crippen molar-refractivity contribution in [1.29, 1.82) is 0 Å². The van der Waals surface area contributed by atoms with Gasteiger partial charge in [0.05, 0.1) is 18.8 Å². The Morgan fingerprint density at radius 2 is 1.15 bits per heavy atom. The minimum Gasteiger partial charge on any atom is -0.462 e. The first-order valence-corrected chi connectivity index (χ1v) is 21.8. The van der Waals surface area contributed by atoms with E-state index in [0.29, 0.717) is 12.8 Å². The first-order chi connectivity index (χ1) is 24.9. The normalized spacial score (nSPS) is 14.2. The Hall–Kier alpha value is -1.81. The van der Waals surface area contributed by atoms with Gasteiger partial charge in [-0.3, -0.25) is 14.1 Å². The van der Waals surface area contributed by atoms with Crippen molar-refractivity contribution >= 4 is 19.8 Å². The molecule has 0 amide bonds. The van der Waals surface area contributed by atoms with Crippen LogP contribution in [0.2, 0.25) is 0 Å². The molecule has 0 rings (SSSR count). The molecular formula is C41H75O10P. The minimum atomic E-state index is -4.82. The average molecular weight is 759 g/mol. The van der Waals surface area contributed by atoms with Crippen molar-refractivity contribution in [3.8, 4) is 0 Å². The Kier molecular flexibility index (Phi) is 33.7. The third-order valence-electron chi connectivity index (χ3n) is 8.79. The predicted octanol–water partition coefficient (Wildman–Crippen LogP) is 9.98. The minimum absolute atomic E-state index is 0.0457. The summed E-state index contributed by atoms with van der Waals surface area (Å²) in [6, 6.07) is 0. The van der Waals surface area contributed by atoms with E-state index in [4.69, 9.17) is 19.3 Å². The molecule has 0 fully saturated rings. The fourth-order valence-corrected chi connectivity index (χ4v) is 5.96. The molecule has 0 saturated heterocycles. The summed E-state index contributed by atoms with van der Waals surface area (Å²) < 4.78 is 26.2. The van der Waals surface area contributed by atoms with Crippen LogP contribution in [0.1, 0.15) is 175 Å². The quantitative estimate of drug-likeness (QED) is 0.0210. The molecule has 0 aliphatic rings. The van der Waals surface area contributed by atoms with Crippen LogP contribution >= 0.6 is 7.82 Å². The zero-order valence-electron chi connectivity index (χ0n) is 32.8. The topological polar surface area (TPSA) is 160 Å². The van der Waals surface area contributed by atoms with Gasteiger partial charge in [-0.05, 0) is 57.3 Å². The number of carbonyl (C=O) groups is 2. The van der Waals surface area contributed by atoms with Gasteiger partial charge >= 0.3 is 19.8 Å². The molecule has 0 aromatic heterocycles. The van der Waals surface area contributed by atoms with E-state index in [1.165, 1.54) is 77.0 Å². The maximum absolute atomic E-state index is 12.4. The van der Waals surface area contributed by atoms with Crippen LogP contribution in [0.4, 0.5) is 0 Å². The fourth-order valence-electron chi connectivity index (χ4n) is 5.60. The van der Waals surface area contributed by atoms with Gasteiger partial charge in [-0.25, -0.2) is 4.57 Å². The Labute approximate surface area is 316 Å². The van der Waals surface area contributed by atoms with Gasteiger partial charge in [-0.2, -0.15) is 0 Å². The van der Waals surface area contributed by atoms with Crippen LogP contribution in [0.25, 0.3) is 0 Å². The molecule has 0 aliphatic carbocycles. The molecule has 52 heavy (non-hydrogen) atoms. The monoisotopic (exact) mass is 759 g/mol. The van der Waals surface area contributed by atoms with E-state index in [9.17, 15) is 24.4 Å². The van der Waals surface area contributed by atoms with Gasteiger partial charge in [0, 0.05) is 12.8 Å². The highest BCUT2D eigenvalue weighted by molar-refractivity contribution is 7.46. The number of carbonyl (C=O) groups excluding carboxylic acids is 2. The molecule has 4 N–H and O–H groups in total. The highest BCUT2D eigenvalue weighted by atomic mass is 31.2. The molecule has 0 aromatic rings. The highest BCUT2D eigenvalue weighted by Crippen LogP contribution is 2.36. The number of ether oxygens (including phenoxy) is 2. The molecular weight excluding hydrogens is 683 g/mol. The van der Waals surface area contributed by atoms with Gasteiger partial charge in [0.2, 0.25) is 0 Å². The van der Waals surface area contributed by atoms with Crippen LogP contribution in [0.5, 0.6) is 0 Å². The zero-order chi connectivity index (χ0) is 38.7. The number of rotatable bonds is 36. The van der Waals surface area contributed by atoms with E-state index in [1.54, 1.807) is 0 Å². The van der Waals surface area contributed by atoms with Crippen LogP contribution in [0.3, 0.4) is 0 Å². The van der Waals surface area contributed by atoms with Crippen molar-refractivity contribution in [2.75, 3.05) is 13.2 Å². The molecule has 0 saturated carbocycles. The van der Waals surface area contributed by atoms with E-state index in [2.05, 4.69) is 49.6 Å². The summed E-state index contributed by atoms with van der Waals surface area (Å²) in [5.74, 6) is -0.366. The molecule has 2 unspecified atom stereocenters. The van der Waals surface area contributed by atoms with Crippen molar-refractivity contribution in [2.24, 2.45) is 5.92 Å². The second-order valence-electron chi connectivity index (χ2n) is 14.4. The van der Waals surface area contributed by atoms with Gasteiger partial charge < -0.3 is 29.5 Å². The first-order valence-electron chi connectivity index (χ1n) is 20.3. The Bertz CT molecular complexity index is 990. The second kappa shape index (κ2) is 34.9. The van der Waals surface area contributed by atoms with Crippen LogP contribution in [-0.2, 0) is 28.2 Å².